The van der Waals surface area contributed by atoms with Crippen LogP contribution in [0.1, 0.15) is 35.1 Å². The Morgan fingerprint density at radius 1 is 1.41 bits per heavy atom. The molecule has 1 unspecified atom stereocenters. The summed E-state index contributed by atoms with van der Waals surface area (Å²) in [5, 5.41) is 7.89. The van der Waals surface area contributed by atoms with Crippen LogP contribution in [0.2, 0.25) is 0 Å². The molecule has 0 aromatic carbocycles. The number of fused-ring (bicyclic) bond motifs is 1. The highest BCUT2D eigenvalue weighted by molar-refractivity contribution is 7.09. The molecule has 118 valence electrons. The van der Waals surface area contributed by atoms with Crippen LogP contribution in [0.5, 0.6) is 0 Å². The van der Waals surface area contributed by atoms with E-state index in [2.05, 4.69) is 25.9 Å². The van der Waals surface area contributed by atoms with Gasteiger partial charge >= 0.3 is 0 Å². The first-order chi connectivity index (χ1) is 10.8. The van der Waals surface area contributed by atoms with Gasteiger partial charge < -0.3 is 4.74 Å². The molecule has 4 rings (SSSR count). The van der Waals surface area contributed by atoms with Crippen LogP contribution in [0.4, 0.5) is 0 Å². The highest BCUT2D eigenvalue weighted by Crippen LogP contribution is 2.35. The van der Waals surface area contributed by atoms with Crippen molar-refractivity contribution in [2.24, 2.45) is 5.92 Å². The van der Waals surface area contributed by atoms with Crippen molar-refractivity contribution in [3.63, 3.8) is 0 Å². The van der Waals surface area contributed by atoms with Gasteiger partial charge in [0.05, 0.1) is 31.1 Å². The van der Waals surface area contributed by atoms with Gasteiger partial charge in [0, 0.05) is 31.8 Å². The van der Waals surface area contributed by atoms with E-state index in [-0.39, 0.29) is 0 Å². The van der Waals surface area contributed by atoms with E-state index in [1.165, 1.54) is 29.1 Å². The summed E-state index contributed by atoms with van der Waals surface area (Å²) in [4.78, 5) is 6.94. The summed E-state index contributed by atoms with van der Waals surface area (Å²) in [5.41, 5.74) is 2.77. The average molecular weight is 318 g/mol. The third-order valence-electron chi connectivity index (χ3n) is 4.66. The molecule has 2 aliphatic rings. The molecule has 2 aromatic heterocycles. The zero-order chi connectivity index (χ0) is 14.9. The van der Waals surface area contributed by atoms with E-state index in [1.54, 1.807) is 18.4 Å². The summed E-state index contributed by atoms with van der Waals surface area (Å²) < 4.78 is 7.77. The highest BCUT2D eigenvalue weighted by atomic mass is 32.1. The second-order valence-corrected chi connectivity index (χ2v) is 7.28. The molecule has 1 fully saturated rings. The van der Waals surface area contributed by atoms with E-state index in [1.807, 2.05) is 11.6 Å². The van der Waals surface area contributed by atoms with Crippen molar-refractivity contribution in [2.75, 3.05) is 20.3 Å². The van der Waals surface area contributed by atoms with E-state index in [9.17, 15) is 0 Å². The summed E-state index contributed by atoms with van der Waals surface area (Å²) in [6, 6.07) is 0.291. The number of methoxy groups -OCH3 is 1. The summed E-state index contributed by atoms with van der Waals surface area (Å²) in [5.74, 6) is 0.835. The topological polar surface area (TPSA) is 43.2 Å². The minimum Gasteiger partial charge on any atom is -0.383 e. The van der Waals surface area contributed by atoms with Crippen molar-refractivity contribution in [2.45, 2.75) is 38.4 Å². The molecule has 1 aliphatic carbocycles. The van der Waals surface area contributed by atoms with E-state index in [0.29, 0.717) is 12.6 Å². The normalized spacial score (nSPS) is 22.0. The molecule has 0 bridgehead atoms. The highest BCUT2D eigenvalue weighted by Gasteiger charge is 2.33. The van der Waals surface area contributed by atoms with Crippen LogP contribution in [0.25, 0.3) is 0 Å². The Bertz CT molecular complexity index is 620. The van der Waals surface area contributed by atoms with Crippen LogP contribution in [0.15, 0.2) is 17.8 Å². The lowest BCUT2D eigenvalue weighted by Crippen LogP contribution is -2.38. The number of hydrogen-bond donors (Lipinski definition) is 0. The summed E-state index contributed by atoms with van der Waals surface area (Å²) in [6.45, 7) is 3.74. The van der Waals surface area contributed by atoms with Gasteiger partial charge in [-0.05, 0) is 30.7 Å². The number of aromatic nitrogens is 3. The Balaban J connectivity index is 1.60. The van der Waals surface area contributed by atoms with E-state index < -0.39 is 0 Å². The molecule has 3 heterocycles. The minimum absolute atomic E-state index is 0.291. The minimum atomic E-state index is 0.291. The standard InChI is InChI=1S/C16H22N4OS/c1-21-11-14-16-13(8-18-20(16)9-12-2-3-12)4-6-19(14)10-15-17-5-7-22-15/h5,7-8,12,14H,2-4,6,9-11H2,1H3. The predicted molar refractivity (Wildman–Crippen MR) is 85.8 cm³/mol. The van der Waals surface area contributed by atoms with Crippen LogP contribution >= 0.6 is 11.3 Å². The van der Waals surface area contributed by atoms with Crippen LogP contribution in [0, 0.1) is 5.92 Å². The Morgan fingerprint density at radius 2 is 2.32 bits per heavy atom. The maximum Gasteiger partial charge on any atom is 0.107 e. The smallest absolute Gasteiger partial charge is 0.107 e. The molecular formula is C16H22N4OS. The van der Waals surface area contributed by atoms with Crippen molar-refractivity contribution in [3.8, 4) is 0 Å². The largest absolute Gasteiger partial charge is 0.383 e. The second-order valence-electron chi connectivity index (χ2n) is 6.30. The predicted octanol–water partition coefficient (Wildman–Crippen LogP) is 2.50. The second kappa shape index (κ2) is 6.10. The summed E-state index contributed by atoms with van der Waals surface area (Å²) >= 11 is 1.73. The fourth-order valence-corrected chi connectivity index (χ4v) is 3.97. The van der Waals surface area contributed by atoms with Gasteiger partial charge in [-0.1, -0.05) is 0 Å². The van der Waals surface area contributed by atoms with Crippen LogP contribution < -0.4 is 0 Å². The van der Waals surface area contributed by atoms with Gasteiger partial charge in [-0.15, -0.1) is 11.3 Å². The fourth-order valence-electron chi connectivity index (χ4n) is 3.33. The SMILES string of the molecule is COCC1c2c(cnn2CC2CC2)CCN1Cc1nccs1. The van der Waals surface area contributed by atoms with Crippen molar-refractivity contribution >= 4 is 11.3 Å². The molecule has 1 atom stereocenters. The number of thiazole rings is 1. The Kier molecular flexibility index (Phi) is 3.98. The monoisotopic (exact) mass is 318 g/mol. The van der Waals surface area contributed by atoms with Crippen LogP contribution in [-0.2, 0) is 24.2 Å². The quantitative estimate of drug-likeness (QED) is 0.821. The molecule has 6 heteroatoms. The summed E-state index contributed by atoms with van der Waals surface area (Å²) in [6.07, 6.45) is 7.74. The van der Waals surface area contributed by atoms with Crippen molar-refractivity contribution in [3.05, 3.63) is 34.0 Å². The number of nitrogens with zero attached hydrogens (tertiary/aromatic N) is 4. The molecule has 1 saturated carbocycles. The van der Waals surface area contributed by atoms with Crippen molar-refractivity contribution in [1.29, 1.82) is 0 Å². The van der Waals surface area contributed by atoms with Gasteiger partial charge in [0.25, 0.3) is 0 Å². The van der Waals surface area contributed by atoms with Crippen LogP contribution in [0.3, 0.4) is 0 Å². The van der Waals surface area contributed by atoms with Gasteiger partial charge in [-0.2, -0.15) is 5.10 Å². The van der Waals surface area contributed by atoms with Gasteiger partial charge in [0.1, 0.15) is 5.01 Å². The molecule has 2 aromatic rings. The Labute approximate surface area is 134 Å². The van der Waals surface area contributed by atoms with Gasteiger partial charge in [-0.25, -0.2) is 4.98 Å². The first-order valence-electron chi connectivity index (χ1n) is 8.01. The molecule has 0 radical (unpaired) electrons. The van der Waals surface area contributed by atoms with Gasteiger partial charge in [0.15, 0.2) is 0 Å². The van der Waals surface area contributed by atoms with Gasteiger partial charge in [-0.3, -0.25) is 9.58 Å². The molecular weight excluding hydrogens is 296 g/mol. The van der Waals surface area contributed by atoms with Gasteiger partial charge in [0.2, 0.25) is 0 Å². The Hall–Kier alpha value is -1.24. The molecule has 22 heavy (non-hydrogen) atoms. The van der Waals surface area contributed by atoms with Crippen LogP contribution in [-0.4, -0.2) is 39.9 Å². The number of hydrogen-bond acceptors (Lipinski definition) is 5. The third kappa shape index (κ3) is 2.83. The molecule has 1 aliphatic heterocycles. The maximum atomic E-state index is 5.53. The molecule has 0 saturated heterocycles. The molecule has 0 N–H and O–H groups in total. The lowest BCUT2D eigenvalue weighted by Gasteiger charge is -2.35. The van der Waals surface area contributed by atoms with E-state index in [4.69, 9.17) is 4.74 Å². The first-order valence-corrected chi connectivity index (χ1v) is 8.89. The zero-order valence-corrected chi connectivity index (χ0v) is 13.8. The lowest BCUT2D eigenvalue weighted by atomic mass is 10.00. The maximum absolute atomic E-state index is 5.53. The van der Waals surface area contributed by atoms with E-state index >= 15 is 0 Å². The van der Waals surface area contributed by atoms with Crippen molar-refractivity contribution < 1.29 is 4.74 Å². The molecule has 0 spiro atoms. The van der Waals surface area contributed by atoms with E-state index in [0.717, 1.165) is 32.0 Å². The number of rotatable bonds is 6. The Morgan fingerprint density at radius 3 is 3.05 bits per heavy atom. The molecule has 0 amide bonds. The number of ether oxygens (including phenoxy) is 1. The molecule has 5 nitrogen and oxygen atoms in total. The van der Waals surface area contributed by atoms with Crippen molar-refractivity contribution in [1.82, 2.24) is 19.7 Å². The first kappa shape index (κ1) is 14.4. The zero-order valence-electron chi connectivity index (χ0n) is 12.9. The summed E-state index contributed by atoms with van der Waals surface area (Å²) in [7, 11) is 1.79. The lowest BCUT2D eigenvalue weighted by molar-refractivity contribution is 0.0724. The third-order valence-corrected chi connectivity index (χ3v) is 5.42. The average Bonchev–Trinajstić information content (AvgIpc) is 3.02. The fraction of sp³-hybridized carbons (Fsp3) is 0.625.